The smallest absolute Gasteiger partial charge is 0.338 e. The summed E-state index contributed by atoms with van der Waals surface area (Å²) in [4.78, 5) is 11.6. The Morgan fingerprint density at radius 1 is 1.25 bits per heavy atom. The van der Waals surface area contributed by atoms with Crippen LogP contribution in [-0.4, -0.2) is 12.6 Å². The van der Waals surface area contributed by atoms with E-state index in [-0.39, 0.29) is 5.97 Å². The van der Waals surface area contributed by atoms with Crippen LogP contribution in [0.4, 0.5) is 0 Å². The Kier molecular flexibility index (Phi) is 2.91. The van der Waals surface area contributed by atoms with E-state index in [4.69, 9.17) is 4.74 Å². The number of ether oxygens (including phenoxy) is 1. The molecular weight excluding hydrogens is 200 g/mol. The van der Waals surface area contributed by atoms with E-state index >= 15 is 0 Å². The Hall–Kier alpha value is -1.83. The van der Waals surface area contributed by atoms with Gasteiger partial charge in [-0.2, -0.15) is 0 Å². The first-order chi connectivity index (χ1) is 7.72. The zero-order valence-corrected chi connectivity index (χ0v) is 9.49. The number of aryl methyl sites for hydroxylation is 1. The minimum Gasteiger partial charge on any atom is -0.462 e. The third-order valence-electron chi connectivity index (χ3n) is 2.61. The summed E-state index contributed by atoms with van der Waals surface area (Å²) in [6.07, 6.45) is 0. The molecule has 0 heterocycles. The van der Waals surface area contributed by atoms with Gasteiger partial charge < -0.3 is 4.74 Å². The molecule has 0 unspecified atom stereocenters. The molecule has 82 valence electrons. The van der Waals surface area contributed by atoms with Crippen molar-refractivity contribution in [1.82, 2.24) is 0 Å². The fourth-order valence-electron chi connectivity index (χ4n) is 1.78. The predicted octanol–water partition coefficient (Wildman–Crippen LogP) is 3.28. The average molecular weight is 214 g/mol. The second-order valence-corrected chi connectivity index (χ2v) is 3.73. The maximum absolute atomic E-state index is 11.6. The van der Waals surface area contributed by atoms with Crippen molar-refractivity contribution in [2.75, 3.05) is 6.61 Å². The number of carbonyl (C=O) groups excluding carboxylic acids is 1. The molecule has 0 fully saturated rings. The Morgan fingerprint density at radius 2 is 2.06 bits per heavy atom. The normalized spacial score (nSPS) is 10.4. The first-order valence-electron chi connectivity index (χ1n) is 5.39. The van der Waals surface area contributed by atoms with Crippen molar-refractivity contribution in [2.45, 2.75) is 13.8 Å². The number of fused-ring (bicyclic) bond motifs is 1. The van der Waals surface area contributed by atoms with Gasteiger partial charge in [-0.05, 0) is 42.7 Å². The molecular formula is C14H14O2. The van der Waals surface area contributed by atoms with Gasteiger partial charge in [0, 0.05) is 0 Å². The highest BCUT2D eigenvalue weighted by molar-refractivity contribution is 5.91. The molecule has 0 amide bonds. The van der Waals surface area contributed by atoms with Crippen molar-refractivity contribution in [3.05, 3.63) is 47.5 Å². The number of carbonyl (C=O) groups is 1. The summed E-state index contributed by atoms with van der Waals surface area (Å²) >= 11 is 0. The van der Waals surface area contributed by atoms with Gasteiger partial charge in [-0.15, -0.1) is 0 Å². The second-order valence-electron chi connectivity index (χ2n) is 3.73. The summed E-state index contributed by atoms with van der Waals surface area (Å²) in [5.74, 6) is -0.263. The van der Waals surface area contributed by atoms with E-state index < -0.39 is 0 Å². The van der Waals surface area contributed by atoms with Gasteiger partial charge in [-0.3, -0.25) is 0 Å². The van der Waals surface area contributed by atoms with Crippen LogP contribution in [-0.2, 0) is 4.74 Å². The predicted molar refractivity (Wildman–Crippen MR) is 63.8 cm³/mol. The number of hydrogen-bond acceptors (Lipinski definition) is 2. The first kappa shape index (κ1) is 10.7. The lowest BCUT2D eigenvalue weighted by atomic mass is 10.1. The van der Waals surface area contributed by atoms with E-state index in [1.165, 1.54) is 5.56 Å². The molecule has 0 N–H and O–H groups in total. The van der Waals surface area contributed by atoms with Crippen LogP contribution in [0.15, 0.2) is 36.4 Å². The SMILES string of the molecule is CCOC(=O)c1ccc(C)c2cccc-2c1. The van der Waals surface area contributed by atoms with Gasteiger partial charge in [0.2, 0.25) is 0 Å². The first-order valence-corrected chi connectivity index (χ1v) is 5.39. The summed E-state index contributed by atoms with van der Waals surface area (Å²) in [5.41, 5.74) is 4.02. The van der Waals surface area contributed by atoms with Crippen molar-refractivity contribution in [3.63, 3.8) is 0 Å². The van der Waals surface area contributed by atoms with E-state index in [1.807, 2.05) is 44.2 Å². The van der Waals surface area contributed by atoms with Crippen LogP contribution in [0.3, 0.4) is 0 Å². The lowest BCUT2D eigenvalue weighted by Crippen LogP contribution is -2.03. The summed E-state index contributed by atoms with van der Waals surface area (Å²) in [6, 6.07) is 11.7. The van der Waals surface area contributed by atoms with Gasteiger partial charge in [0.05, 0.1) is 12.2 Å². The maximum atomic E-state index is 11.6. The van der Waals surface area contributed by atoms with E-state index in [2.05, 4.69) is 6.07 Å². The second kappa shape index (κ2) is 4.35. The Morgan fingerprint density at radius 3 is 2.81 bits per heavy atom. The van der Waals surface area contributed by atoms with Crippen LogP contribution in [0, 0.1) is 6.92 Å². The van der Waals surface area contributed by atoms with Gasteiger partial charge in [-0.25, -0.2) is 4.79 Å². The van der Waals surface area contributed by atoms with Gasteiger partial charge >= 0.3 is 5.97 Å². The van der Waals surface area contributed by atoms with Crippen LogP contribution in [0.5, 0.6) is 0 Å². The quantitative estimate of drug-likeness (QED) is 0.717. The van der Waals surface area contributed by atoms with E-state index in [1.54, 1.807) is 0 Å². The fourth-order valence-corrected chi connectivity index (χ4v) is 1.78. The zero-order chi connectivity index (χ0) is 11.5. The molecule has 2 rings (SSSR count). The molecule has 0 radical (unpaired) electrons. The van der Waals surface area contributed by atoms with E-state index in [9.17, 15) is 4.79 Å². The van der Waals surface area contributed by atoms with Crippen LogP contribution >= 0.6 is 0 Å². The Labute approximate surface area is 95.2 Å². The number of hydrogen-bond donors (Lipinski definition) is 0. The average Bonchev–Trinajstić information content (AvgIpc) is 2.66. The summed E-state index contributed by atoms with van der Waals surface area (Å²) in [6.45, 7) is 4.25. The largest absolute Gasteiger partial charge is 0.462 e. The van der Waals surface area contributed by atoms with Crippen molar-refractivity contribution >= 4 is 5.97 Å². The maximum Gasteiger partial charge on any atom is 0.338 e. The standard InChI is InChI=1S/C14H14O2/c1-3-16-14(15)12-8-7-10(2)13-6-4-5-11(13)9-12/h4-9H,3H2,1-2H3. The third-order valence-corrected chi connectivity index (χ3v) is 2.61. The van der Waals surface area contributed by atoms with Crippen LogP contribution in [0.2, 0.25) is 0 Å². The van der Waals surface area contributed by atoms with Crippen LogP contribution < -0.4 is 0 Å². The Balaban J connectivity index is 2.49. The highest BCUT2D eigenvalue weighted by Crippen LogP contribution is 2.26. The number of esters is 1. The highest BCUT2D eigenvalue weighted by Gasteiger charge is 2.09. The molecule has 0 saturated carbocycles. The molecule has 0 aliphatic heterocycles. The van der Waals surface area contributed by atoms with Crippen molar-refractivity contribution < 1.29 is 9.53 Å². The molecule has 0 atom stereocenters. The molecule has 2 aliphatic rings. The lowest BCUT2D eigenvalue weighted by molar-refractivity contribution is 0.0526. The molecule has 0 saturated heterocycles. The molecule has 0 aromatic heterocycles. The van der Waals surface area contributed by atoms with Crippen LogP contribution in [0.1, 0.15) is 22.8 Å². The third kappa shape index (κ3) is 1.91. The van der Waals surface area contributed by atoms with Gasteiger partial charge in [-0.1, -0.05) is 24.3 Å². The molecule has 0 aromatic carbocycles. The van der Waals surface area contributed by atoms with Crippen molar-refractivity contribution in [2.24, 2.45) is 0 Å². The van der Waals surface area contributed by atoms with Gasteiger partial charge in [0.1, 0.15) is 0 Å². The summed E-state index contributed by atoms with van der Waals surface area (Å²) in [5, 5.41) is 0. The summed E-state index contributed by atoms with van der Waals surface area (Å²) in [7, 11) is 0. The monoisotopic (exact) mass is 214 g/mol. The summed E-state index contributed by atoms with van der Waals surface area (Å²) < 4.78 is 5.00. The molecule has 0 aromatic rings. The zero-order valence-electron chi connectivity index (χ0n) is 9.49. The highest BCUT2D eigenvalue weighted by atomic mass is 16.5. The Bertz CT molecular complexity index is 488. The topological polar surface area (TPSA) is 26.3 Å². The van der Waals surface area contributed by atoms with Crippen molar-refractivity contribution in [1.29, 1.82) is 0 Å². The lowest BCUT2D eigenvalue weighted by Gasteiger charge is -1.99. The molecule has 2 nitrogen and oxygen atoms in total. The molecule has 2 aliphatic carbocycles. The fraction of sp³-hybridized carbons (Fsp3) is 0.214. The van der Waals surface area contributed by atoms with Crippen molar-refractivity contribution in [3.8, 4) is 11.1 Å². The number of rotatable bonds is 2. The minimum atomic E-state index is -0.263. The molecule has 0 spiro atoms. The molecule has 2 heteroatoms. The van der Waals surface area contributed by atoms with E-state index in [0.717, 1.165) is 11.1 Å². The molecule has 16 heavy (non-hydrogen) atoms. The molecule has 0 bridgehead atoms. The van der Waals surface area contributed by atoms with Gasteiger partial charge in [0.25, 0.3) is 0 Å². The van der Waals surface area contributed by atoms with Gasteiger partial charge in [0.15, 0.2) is 0 Å². The van der Waals surface area contributed by atoms with E-state index in [0.29, 0.717) is 12.2 Å². The van der Waals surface area contributed by atoms with Crippen LogP contribution in [0.25, 0.3) is 11.1 Å². The minimum absolute atomic E-state index is 0.263.